The lowest BCUT2D eigenvalue weighted by molar-refractivity contribution is -0.178. The van der Waals surface area contributed by atoms with Crippen LogP contribution < -0.4 is 5.32 Å². The third kappa shape index (κ3) is 2.14. The van der Waals surface area contributed by atoms with Crippen molar-refractivity contribution in [1.29, 1.82) is 0 Å². The number of carboxylic acid groups (broad SMARTS) is 1. The molecular formula is C10H18N2O3. The third-order valence-corrected chi connectivity index (χ3v) is 3.33. The van der Waals surface area contributed by atoms with E-state index >= 15 is 0 Å². The zero-order valence-electron chi connectivity index (χ0n) is 9.03. The highest BCUT2D eigenvalue weighted by atomic mass is 16.5. The van der Waals surface area contributed by atoms with Gasteiger partial charge >= 0.3 is 5.97 Å². The fraction of sp³-hybridized carbons (Fsp3) is 0.900. The molecule has 2 N–H and O–H groups in total. The number of aliphatic carboxylic acids is 1. The highest BCUT2D eigenvalue weighted by Crippen LogP contribution is 2.27. The molecule has 86 valence electrons. The van der Waals surface area contributed by atoms with Gasteiger partial charge in [-0.3, -0.25) is 4.79 Å². The summed E-state index contributed by atoms with van der Waals surface area (Å²) in [6, 6.07) is 0.437. The maximum Gasteiger partial charge on any atom is 0.315 e. The predicted octanol–water partition coefficient (Wildman–Crippen LogP) is -0.619. The highest BCUT2D eigenvalue weighted by molar-refractivity contribution is 5.76. The topological polar surface area (TPSA) is 61.8 Å². The fourth-order valence-electron chi connectivity index (χ4n) is 2.09. The van der Waals surface area contributed by atoms with Crippen LogP contribution in [-0.2, 0) is 9.53 Å². The number of carbonyl (C=O) groups is 1. The van der Waals surface area contributed by atoms with Crippen LogP contribution in [-0.4, -0.2) is 61.9 Å². The van der Waals surface area contributed by atoms with Gasteiger partial charge in [-0.05, 0) is 20.0 Å². The Morgan fingerprint density at radius 1 is 1.67 bits per heavy atom. The van der Waals surface area contributed by atoms with Gasteiger partial charge in [0.2, 0.25) is 0 Å². The second-order valence-electron chi connectivity index (χ2n) is 4.71. The van der Waals surface area contributed by atoms with Crippen LogP contribution in [0.3, 0.4) is 0 Å². The van der Waals surface area contributed by atoms with Crippen molar-refractivity contribution >= 4 is 5.97 Å². The standard InChI is InChI=1S/C10H18N2O3/c1-12-3-2-8(4-12)11-5-10(9(13)14)6-15-7-10/h8,11H,2-7H2,1H3,(H,13,14). The van der Waals surface area contributed by atoms with E-state index in [-0.39, 0.29) is 0 Å². The summed E-state index contributed by atoms with van der Waals surface area (Å²) in [5.41, 5.74) is -0.666. The first kappa shape index (κ1) is 10.9. The molecule has 0 bridgehead atoms. The predicted molar refractivity (Wildman–Crippen MR) is 54.8 cm³/mol. The molecule has 2 aliphatic rings. The molecule has 0 aromatic rings. The first-order valence-electron chi connectivity index (χ1n) is 5.35. The summed E-state index contributed by atoms with van der Waals surface area (Å²) in [6.07, 6.45) is 1.10. The summed E-state index contributed by atoms with van der Waals surface area (Å²) in [4.78, 5) is 13.3. The summed E-state index contributed by atoms with van der Waals surface area (Å²) < 4.78 is 5.00. The second kappa shape index (κ2) is 4.08. The lowest BCUT2D eigenvalue weighted by Crippen LogP contribution is -2.56. The van der Waals surface area contributed by atoms with Gasteiger partial charge in [0.15, 0.2) is 0 Å². The largest absolute Gasteiger partial charge is 0.481 e. The van der Waals surface area contributed by atoms with Gasteiger partial charge in [-0.1, -0.05) is 0 Å². The van der Waals surface area contributed by atoms with Crippen LogP contribution in [0.25, 0.3) is 0 Å². The van der Waals surface area contributed by atoms with E-state index in [0.29, 0.717) is 25.8 Å². The maximum absolute atomic E-state index is 11.0. The van der Waals surface area contributed by atoms with E-state index in [9.17, 15) is 4.79 Å². The molecule has 2 aliphatic heterocycles. The Bertz CT molecular complexity index is 253. The van der Waals surface area contributed by atoms with Gasteiger partial charge in [0, 0.05) is 19.1 Å². The Kier molecular flexibility index (Phi) is 2.95. The molecule has 2 fully saturated rings. The van der Waals surface area contributed by atoms with E-state index in [1.807, 2.05) is 0 Å². The van der Waals surface area contributed by atoms with E-state index < -0.39 is 11.4 Å². The molecule has 5 heteroatoms. The molecule has 15 heavy (non-hydrogen) atoms. The molecule has 5 nitrogen and oxygen atoms in total. The van der Waals surface area contributed by atoms with E-state index in [1.54, 1.807) is 0 Å². The Balaban J connectivity index is 1.79. The maximum atomic E-state index is 11.0. The summed E-state index contributed by atoms with van der Waals surface area (Å²) in [5.74, 6) is -0.743. The summed E-state index contributed by atoms with van der Waals surface area (Å²) in [7, 11) is 2.08. The molecule has 2 heterocycles. The molecular weight excluding hydrogens is 196 g/mol. The zero-order chi connectivity index (χ0) is 10.9. The Hall–Kier alpha value is -0.650. The van der Waals surface area contributed by atoms with E-state index in [4.69, 9.17) is 9.84 Å². The van der Waals surface area contributed by atoms with Crippen molar-refractivity contribution in [3.63, 3.8) is 0 Å². The normalized spacial score (nSPS) is 30.1. The zero-order valence-corrected chi connectivity index (χ0v) is 9.03. The molecule has 0 aromatic carbocycles. The number of likely N-dealkylation sites (tertiary alicyclic amines) is 1. The third-order valence-electron chi connectivity index (χ3n) is 3.33. The number of rotatable bonds is 4. The first-order chi connectivity index (χ1) is 7.12. The molecule has 0 saturated carbocycles. The molecule has 2 saturated heterocycles. The number of carboxylic acids is 1. The second-order valence-corrected chi connectivity index (χ2v) is 4.71. The number of nitrogens with zero attached hydrogens (tertiary/aromatic N) is 1. The number of hydrogen-bond donors (Lipinski definition) is 2. The Morgan fingerprint density at radius 2 is 2.40 bits per heavy atom. The molecule has 0 amide bonds. The van der Waals surface area contributed by atoms with Crippen LogP contribution in [0.15, 0.2) is 0 Å². The van der Waals surface area contributed by atoms with Crippen LogP contribution in [0.5, 0.6) is 0 Å². The summed E-state index contributed by atoms with van der Waals surface area (Å²) in [6.45, 7) is 3.32. The smallest absolute Gasteiger partial charge is 0.315 e. The van der Waals surface area contributed by atoms with Crippen molar-refractivity contribution < 1.29 is 14.6 Å². The first-order valence-corrected chi connectivity index (χ1v) is 5.35. The van der Waals surface area contributed by atoms with Gasteiger partial charge in [-0.2, -0.15) is 0 Å². The summed E-state index contributed by atoms with van der Waals surface area (Å²) >= 11 is 0. The van der Waals surface area contributed by atoms with Gasteiger partial charge in [0.05, 0.1) is 13.2 Å². The highest BCUT2D eigenvalue weighted by Gasteiger charge is 2.46. The lowest BCUT2D eigenvalue weighted by atomic mass is 9.86. The Morgan fingerprint density at radius 3 is 2.80 bits per heavy atom. The van der Waals surface area contributed by atoms with Gasteiger partial charge in [-0.25, -0.2) is 0 Å². The molecule has 0 aromatic heterocycles. The lowest BCUT2D eigenvalue weighted by Gasteiger charge is -2.38. The SMILES string of the molecule is CN1CCC(NCC2(C(=O)O)COC2)C1. The van der Waals surface area contributed by atoms with E-state index in [1.165, 1.54) is 0 Å². The van der Waals surface area contributed by atoms with E-state index in [2.05, 4.69) is 17.3 Å². The van der Waals surface area contributed by atoms with Crippen LogP contribution in [0.2, 0.25) is 0 Å². The van der Waals surface area contributed by atoms with Gasteiger partial charge in [-0.15, -0.1) is 0 Å². The minimum absolute atomic E-state index is 0.345. The van der Waals surface area contributed by atoms with Crippen LogP contribution in [0.4, 0.5) is 0 Å². The minimum atomic E-state index is -0.743. The summed E-state index contributed by atoms with van der Waals surface area (Å²) in [5, 5.41) is 12.4. The van der Waals surface area contributed by atoms with E-state index in [0.717, 1.165) is 19.5 Å². The van der Waals surface area contributed by atoms with Gasteiger partial charge in [0.1, 0.15) is 5.41 Å². The molecule has 0 spiro atoms. The number of ether oxygens (including phenoxy) is 1. The van der Waals surface area contributed by atoms with Crippen molar-refractivity contribution in [3.8, 4) is 0 Å². The van der Waals surface area contributed by atoms with Gasteiger partial charge < -0.3 is 20.1 Å². The number of nitrogens with one attached hydrogen (secondary N) is 1. The molecule has 1 atom stereocenters. The average molecular weight is 214 g/mol. The van der Waals surface area contributed by atoms with Gasteiger partial charge in [0.25, 0.3) is 0 Å². The number of hydrogen-bond acceptors (Lipinski definition) is 4. The monoisotopic (exact) mass is 214 g/mol. The van der Waals surface area contributed by atoms with Crippen molar-refractivity contribution in [1.82, 2.24) is 10.2 Å². The molecule has 0 aliphatic carbocycles. The van der Waals surface area contributed by atoms with Crippen LogP contribution >= 0.6 is 0 Å². The Labute approximate surface area is 89.4 Å². The van der Waals surface area contributed by atoms with Crippen molar-refractivity contribution in [3.05, 3.63) is 0 Å². The molecule has 2 rings (SSSR count). The number of likely N-dealkylation sites (N-methyl/N-ethyl adjacent to an activating group) is 1. The molecule has 1 unspecified atom stereocenters. The van der Waals surface area contributed by atoms with Crippen LogP contribution in [0.1, 0.15) is 6.42 Å². The fourth-order valence-corrected chi connectivity index (χ4v) is 2.09. The average Bonchev–Trinajstić information content (AvgIpc) is 2.49. The van der Waals surface area contributed by atoms with Crippen molar-refractivity contribution in [2.45, 2.75) is 12.5 Å². The van der Waals surface area contributed by atoms with Crippen LogP contribution in [0, 0.1) is 5.41 Å². The quantitative estimate of drug-likeness (QED) is 0.653. The molecule has 0 radical (unpaired) electrons. The van der Waals surface area contributed by atoms with Crippen molar-refractivity contribution in [2.75, 3.05) is 39.9 Å². The van der Waals surface area contributed by atoms with Crippen molar-refractivity contribution in [2.24, 2.45) is 5.41 Å². The minimum Gasteiger partial charge on any atom is -0.481 e.